The van der Waals surface area contributed by atoms with E-state index in [1.54, 1.807) is 72.6 Å². The Bertz CT molecular complexity index is 4640. The average Bonchev–Trinajstić information content (AvgIpc) is 1.69. The monoisotopic (exact) mass is 1380 g/mol. The Morgan fingerprint density at radius 1 is 0.771 bits per heavy atom. The topological polar surface area (TPSA) is 341 Å². The number of aromatic amines is 1. The molecule has 1 saturated carbocycles. The molecule has 96 heavy (non-hydrogen) atoms. The van der Waals surface area contributed by atoms with Crippen molar-refractivity contribution in [2.75, 3.05) is 37.9 Å². The number of ether oxygens (including phenoxy) is 3. The lowest BCUT2D eigenvalue weighted by Gasteiger charge is -2.31. The van der Waals surface area contributed by atoms with Crippen molar-refractivity contribution in [2.45, 2.75) is 129 Å². The van der Waals surface area contributed by atoms with E-state index in [1.165, 1.54) is 73.1 Å². The molecule has 0 saturated heterocycles. The van der Waals surface area contributed by atoms with E-state index >= 15 is 0 Å². The largest absolute Gasteiger partial charge is 0.496 e. The predicted octanol–water partition coefficient (Wildman–Crippen LogP) is 7.43. The van der Waals surface area contributed by atoms with Gasteiger partial charge in [0.1, 0.15) is 23.5 Å². The molecule has 7 aromatic rings. The summed E-state index contributed by atoms with van der Waals surface area (Å²) < 4.78 is 99.1. The minimum atomic E-state index is -4.07. The number of carbonyl (C=O) groups excluding carboxylic acids is 5. The molecular weight excluding hydrogens is 1300 g/mol. The number of carbonyl (C=O) groups is 5. The third-order valence-electron chi connectivity index (χ3n) is 15.7. The van der Waals surface area contributed by atoms with Gasteiger partial charge < -0.3 is 29.5 Å². The standard InChI is InChI=1S/C23H32N2O4.C18H18N2O5S.C16H17N3O5S.C10H12N2O3S/c1-7-16-13-15(3)14-17(8-2)18(16)19-20(26)24-9-11-28-12-10-25(24)21(19)29-22(27)23(4,5)6;1-25-16-5-3-2-4-15(16)18(22)20-26(23,24)14-10-6-12(7-11-14)17(21)19-13-8-9-13;1-9-10(15(20)11-8-17-19(2)16(11)21)4-5-13(25(3,22)23)14(9)12-6-7-24-18-12;1-7(2)12-10(13)8-5-3-4-6-9(8)11-16(12,14)15/h13-14H,7-12H2,1-6H3;2-7,10-11,13H,8-9H2,1H3,(H,19,21)(H,20,22);4-5,8,17H,6-7H2,1-3H3;3-7,11H,1-2H3. The van der Waals surface area contributed by atoms with E-state index in [-0.39, 0.29) is 55.7 Å². The van der Waals surface area contributed by atoms with Gasteiger partial charge in [0, 0.05) is 54.7 Å². The molecule has 0 bridgehead atoms. The van der Waals surface area contributed by atoms with Crippen LogP contribution in [-0.4, -0.2) is 129 Å². The zero-order valence-corrected chi connectivity index (χ0v) is 57.9. The molecule has 0 radical (unpaired) electrons. The number of hydrogen-bond donors (Lipinski definition) is 4. The lowest BCUT2D eigenvalue weighted by atomic mass is 9.91. The first-order valence-corrected chi connectivity index (χ1v) is 35.7. The van der Waals surface area contributed by atoms with Crippen LogP contribution in [0, 0.1) is 19.3 Å². The Hall–Kier alpha value is -9.45. The number of para-hydroxylation sites is 2. The second-order valence-electron chi connectivity index (χ2n) is 24.3. The van der Waals surface area contributed by atoms with Crippen LogP contribution in [0.25, 0.3) is 11.1 Å². The Morgan fingerprint density at radius 2 is 1.40 bits per heavy atom. The van der Waals surface area contributed by atoms with Gasteiger partial charge in [-0.05, 0) is 157 Å². The number of sulfone groups is 1. The van der Waals surface area contributed by atoms with Crippen molar-refractivity contribution in [3.05, 3.63) is 180 Å². The molecule has 3 amide bonds. The molecule has 5 aromatic carbocycles. The smallest absolute Gasteiger partial charge is 0.326 e. The summed E-state index contributed by atoms with van der Waals surface area (Å²) in [5.74, 6) is -1.73. The quantitative estimate of drug-likeness (QED) is 0.0572. The second kappa shape index (κ2) is 29.7. The van der Waals surface area contributed by atoms with Crippen molar-refractivity contribution < 1.29 is 68.3 Å². The van der Waals surface area contributed by atoms with Gasteiger partial charge in [0.25, 0.3) is 38.9 Å². The molecule has 0 atom stereocenters. The van der Waals surface area contributed by atoms with Gasteiger partial charge >= 0.3 is 16.2 Å². The molecule has 11 rings (SSSR count). The van der Waals surface area contributed by atoms with Crippen LogP contribution in [0.3, 0.4) is 0 Å². The van der Waals surface area contributed by atoms with Crippen LogP contribution in [0.4, 0.5) is 5.69 Å². The summed E-state index contributed by atoms with van der Waals surface area (Å²) in [6.07, 6.45) is 6.41. The Kier molecular flexibility index (Phi) is 22.4. The van der Waals surface area contributed by atoms with Crippen LogP contribution < -0.4 is 35.4 Å². The highest BCUT2D eigenvalue weighted by Crippen LogP contribution is 2.37. The molecule has 0 spiro atoms. The zero-order valence-electron chi connectivity index (χ0n) is 55.4. The molecule has 4 N–H and O–H groups in total. The Balaban J connectivity index is 0.000000167. The number of aromatic nitrogens is 4. The van der Waals surface area contributed by atoms with Gasteiger partial charge in [0.05, 0.1) is 71.1 Å². The summed E-state index contributed by atoms with van der Waals surface area (Å²) in [5.41, 5.74) is 6.30. The SMILES string of the molecule is CC(C)N1C(=O)c2ccccc2NS1(=O)=O.CCc1cc(C)cc(CC)c1-c1c(OC(=O)C(C)(C)C)n2n(c1=O)CCOCC2.COc1ccccc1C(=O)NS(=O)(=O)c1ccc(C(=O)NC2CC2)cc1.Cc1c(C(=O)c2c[nH]n(C)c2=O)ccc(S(C)(=O)=O)c1C1=NOCC1. The van der Waals surface area contributed by atoms with Gasteiger partial charge in [-0.2, -0.15) is 8.42 Å². The lowest BCUT2D eigenvalue weighted by molar-refractivity contribution is -0.143. The number of anilines is 1. The van der Waals surface area contributed by atoms with E-state index in [4.69, 9.17) is 19.0 Å². The fourth-order valence-electron chi connectivity index (χ4n) is 10.7. The zero-order chi connectivity index (χ0) is 70.4. The lowest BCUT2D eigenvalue weighted by Crippen LogP contribution is -2.48. The predicted molar refractivity (Wildman–Crippen MR) is 359 cm³/mol. The number of aryl methyl sites for hydroxylation is 4. The summed E-state index contributed by atoms with van der Waals surface area (Å²) in [6, 6.07) is 25.2. The van der Waals surface area contributed by atoms with Crippen molar-refractivity contribution in [2.24, 2.45) is 17.6 Å². The van der Waals surface area contributed by atoms with Gasteiger partial charge in [-0.1, -0.05) is 61.0 Å². The third-order valence-corrected chi connectivity index (χ3v) is 19.8. The number of rotatable bonds is 15. The van der Waals surface area contributed by atoms with Crippen LogP contribution in [0.2, 0.25) is 0 Å². The first kappa shape index (κ1) is 72.4. The molecule has 0 unspecified atom stereocenters. The van der Waals surface area contributed by atoms with Crippen LogP contribution in [-0.2, 0) is 77.4 Å². The number of nitrogens with one attached hydrogen (secondary N) is 4. The van der Waals surface area contributed by atoms with E-state index in [2.05, 4.69) is 53.2 Å². The van der Waals surface area contributed by atoms with E-state index < -0.39 is 64.7 Å². The number of benzene rings is 5. The number of oxime groups is 1. The maximum atomic E-state index is 13.5. The van der Waals surface area contributed by atoms with Crippen molar-refractivity contribution >= 4 is 70.9 Å². The van der Waals surface area contributed by atoms with E-state index in [1.807, 2.05) is 25.5 Å². The fourth-order valence-corrected chi connectivity index (χ4v) is 14.0. The number of nitrogens with zero attached hydrogens (tertiary/aromatic N) is 5. The Labute approximate surface area is 557 Å². The number of hydrogen-bond acceptors (Lipinski definition) is 18. The van der Waals surface area contributed by atoms with Gasteiger partial charge in [-0.3, -0.25) is 43.0 Å². The van der Waals surface area contributed by atoms with Crippen molar-refractivity contribution in [3.63, 3.8) is 0 Å². The van der Waals surface area contributed by atoms with Crippen molar-refractivity contribution in [3.8, 4) is 22.8 Å². The molecule has 4 aliphatic rings. The number of H-pyrrole nitrogens is 1. The molecule has 1 fully saturated rings. The Morgan fingerprint density at radius 3 is 1.96 bits per heavy atom. The van der Waals surface area contributed by atoms with Gasteiger partial charge in [-0.15, -0.1) is 0 Å². The van der Waals surface area contributed by atoms with E-state index in [0.29, 0.717) is 84.4 Å². The van der Waals surface area contributed by atoms with Gasteiger partial charge in [0.15, 0.2) is 15.6 Å². The molecular formula is C67H79N9O17S3. The number of ketones is 1. The van der Waals surface area contributed by atoms with Crippen molar-refractivity contribution in [1.29, 1.82) is 0 Å². The number of methoxy groups -OCH3 is 1. The normalized spacial score (nSPS) is 14.8. The fraction of sp³-hybridized carbons (Fsp3) is 0.373. The molecule has 2 aromatic heterocycles. The molecule has 512 valence electrons. The summed E-state index contributed by atoms with van der Waals surface area (Å²) >= 11 is 0. The number of sulfonamides is 1. The van der Waals surface area contributed by atoms with Gasteiger partial charge in [0.2, 0.25) is 5.88 Å². The molecule has 3 aliphatic heterocycles. The third kappa shape index (κ3) is 16.3. The molecule has 5 heterocycles. The van der Waals surface area contributed by atoms with Crippen LogP contribution in [0.5, 0.6) is 11.6 Å². The minimum absolute atomic E-state index is 0.00623. The van der Waals surface area contributed by atoms with E-state index in [0.717, 1.165) is 52.9 Å². The van der Waals surface area contributed by atoms with Crippen molar-refractivity contribution in [1.82, 2.24) is 33.5 Å². The number of esters is 1. The summed E-state index contributed by atoms with van der Waals surface area (Å²) in [7, 11) is -8.44. The minimum Gasteiger partial charge on any atom is -0.496 e. The molecule has 1 aliphatic carbocycles. The maximum absolute atomic E-state index is 13.5. The first-order valence-electron chi connectivity index (χ1n) is 30.9. The number of amides is 3. The number of fused-ring (bicyclic) bond motifs is 2. The van der Waals surface area contributed by atoms with Gasteiger partial charge in [-0.25, -0.2) is 35.2 Å². The van der Waals surface area contributed by atoms with Crippen LogP contribution >= 0.6 is 0 Å². The van der Waals surface area contributed by atoms with E-state index in [9.17, 15) is 58.8 Å². The van der Waals surface area contributed by atoms with Crippen LogP contribution in [0.15, 0.2) is 128 Å². The maximum Gasteiger partial charge on any atom is 0.326 e. The summed E-state index contributed by atoms with van der Waals surface area (Å²) in [4.78, 5) is 92.3. The molecule has 26 nitrogen and oxygen atoms in total. The van der Waals surface area contributed by atoms with Crippen LogP contribution in [0.1, 0.15) is 143 Å². The first-order chi connectivity index (χ1) is 45.2. The summed E-state index contributed by atoms with van der Waals surface area (Å²) in [5, 5.41) is 9.38. The highest BCUT2D eigenvalue weighted by atomic mass is 32.2. The average molecular weight is 1380 g/mol. The molecule has 29 heteroatoms. The highest BCUT2D eigenvalue weighted by Gasteiger charge is 2.38. The highest BCUT2D eigenvalue weighted by molar-refractivity contribution is 7.91. The summed E-state index contributed by atoms with van der Waals surface area (Å²) in [6.45, 7) is 18.9. The second-order valence-corrected chi connectivity index (χ2v) is 29.5.